The number of carbonyl (C=O) groups excluding carboxylic acids is 1. The van der Waals surface area contributed by atoms with Crippen LogP contribution >= 0.6 is 0 Å². The first-order valence-electron chi connectivity index (χ1n) is 6.81. The summed E-state index contributed by atoms with van der Waals surface area (Å²) in [6.07, 6.45) is -3.40. The Bertz CT molecular complexity index is 534. The van der Waals surface area contributed by atoms with Gasteiger partial charge >= 0.3 is 6.18 Å². The molecule has 0 unspecified atom stereocenters. The third-order valence-corrected chi connectivity index (χ3v) is 4.12. The molecule has 0 spiro atoms. The smallest absolute Gasteiger partial charge is 0.381 e. The number of ether oxygens (including phenoxy) is 1. The Morgan fingerprint density at radius 1 is 1.33 bits per heavy atom. The van der Waals surface area contributed by atoms with E-state index in [9.17, 15) is 18.0 Å². The maximum absolute atomic E-state index is 12.7. The van der Waals surface area contributed by atoms with E-state index < -0.39 is 17.2 Å². The van der Waals surface area contributed by atoms with Gasteiger partial charge in [-0.15, -0.1) is 0 Å². The number of ketones is 1. The van der Waals surface area contributed by atoms with Crippen LogP contribution in [0.25, 0.3) is 0 Å². The minimum atomic E-state index is -4.41. The molecule has 0 bridgehead atoms. The summed E-state index contributed by atoms with van der Waals surface area (Å²) >= 11 is 0. The number of carbonyl (C=O) groups is 1. The molecule has 0 saturated carbocycles. The van der Waals surface area contributed by atoms with Crippen LogP contribution in [0.3, 0.4) is 0 Å². The van der Waals surface area contributed by atoms with Gasteiger partial charge in [0.25, 0.3) is 0 Å². The molecule has 1 heterocycles. The molecule has 1 aliphatic rings. The van der Waals surface area contributed by atoms with Crippen molar-refractivity contribution < 1.29 is 22.7 Å². The fourth-order valence-electron chi connectivity index (χ4n) is 2.67. The van der Waals surface area contributed by atoms with Crippen molar-refractivity contribution in [1.29, 1.82) is 0 Å². The molecular formula is C15H18F3NO2. The average Bonchev–Trinajstić information content (AvgIpc) is 2.46. The van der Waals surface area contributed by atoms with Crippen LogP contribution < -0.4 is 5.73 Å². The second-order valence-electron chi connectivity index (χ2n) is 5.45. The lowest BCUT2D eigenvalue weighted by molar-refractivity contribution is -0.137. The highest BCUT2D eigenvalue weighted by Crippen LogP contribution is 2.36. The predicted molar refractivity (Wildman–Crippen MR) is 72.1 cm³/mol. The third-order valence-electron chi connectivity index (χ3n) is 4.12. The Morgan fingerprint density at radius 2 is 1.95 bits per heavy atom. The van der Waals surface area contributed by atoms with Gasteiger partial charge in [0.15, 0.2) is 5.78 Å². The molecule has 3 nitrogen and oxygen atoms in total. The molecule has 1 saturated heterocycles. The van der Waals surface area contributed by atoms with Gasteiger partial charge in [-0.2, -0.15) is 13.2 Å². The van der Waals surface area contributed by atoms with Gasteiger partial charge in [0.2, 0.25) is 0 Å². The zero-order chi connectivity index (χ0) is 15.7. The number of halogens is 3. The molecule has 6 heteroatoms. The van der Waals surface area contributed by atoms with Gasteiger partial charge in [0, 0.05) is 25.3 Å². The van der Waals surface area contributed by atoms with Gasteiger partial charge < -0.3 is 10.5 Å². The first-order chi connectivity index (χ1) is 9.80. The summed E-state index contributed by atoms with van der Waals surface area (Å²) in [5.74, 6) is -0.181. The molecule has 2 N–H and O–H groups in total. The zero-order valence-electron chi connectivity index (χ0n) is 11.8. The van der Waals surface area contributed by atoms with E-state index in [1.165, 1.54) is 13.0 Å². The number of hydrogen-bond acceptors (Lipinski definition) is 3. The summed E-state index contributed by atoms with van der Waals surface area (Å²) in [5.41, 5.74) is 4.95. The van der Waals surface area contributed by atoms with Crippen LogP contribution in [0.2, 0.25) is 0 Å². The Labute approximate surface area is 121 Å². The summed E-state index contributed by atoms with van der Waals surface area (Å²) < 4.78 is 43.3. The van der Waals surface area contributed by atoms with Crippen LogP contribution in [0.15, 0.2) is 18.2 Å². The molecule has 1 aromatic carbocycles. The molecular weight excluding hydrogens is 283 g/mol. The monoisotopic (exact) mass is 301 g/mol. The molecule has 1 fully saturated rings. The first kappa shape index (κ1) is 16.0. The van der Waals surface area contributed by atoms with Crippen molar-refractivity contribution in [3.8, 4) is 0 Å². The standard InChI is InChI=1S/C15H18F3NO2/c1-10-8-11(15(16,17)18)2-3-12(10)13(20)14(9-19)4-6-21-7-5-14/h2-3,8H,4-7,9,19H2,1H3. The number of aryl methyl sites for hydroxylation is 1. The quantitative estimate of drug-likeness (QED) is 0.873. The Kier molecular flexibility index (Phi) is 4.39. The summed E-state index contributed by atoms with van der Waals surface area (Å²) in [7, 11) is 0. The largest absolute Gasteiger partial charge is 0.416 e. The number of benzene rings is 1. The topological polar surface area (TPSA) is 52.3 Å². The number of nitrogens with two attached hydrogens (primary N) is 1. The number of rotatable bonds is 3. The third kappa shape index (κ3) is 3.11. The molecule has 0 aromatic heterocycles. The minimum Gasteiger partial charge on any atom is -0.381 e. The van der Waals surface area contributed by atoms with Crippen molar-refractivity contribution in [2.24, 2.45) is 11.1 Å². The molecule has 1 aliphatic heterocycles. The fraction of sp³-hybridized carbons (Fsp3) is 0.533. The number of Topliss-reactive ketones (excluding diaryl/α,β-unsaturated/α-hetero) is 1. The Balaban J connectivity index is 2.35. The normalized spacial score (nSPS) is 18.5. The maximum Gasteiger partial charge on any atom is 0.416 e. The SMILES string of the molecule is Cc1cc(C(F)(F)F)ccc1C(=O)C1(CN)CCOCC1. The van der Waals surface area contributed by atoms with Gasteiger partial charge in [-0.1, -0.05) is 6.07 Å². The molecule has 116 valence electrons. The van der Waals surface area contributed by atoms with E-state index in [0.29, 0.717) is 37.2 Å². The summed E-state index contributed by atoms with van der Waals surface area (Å²) in [4.78, 5) is 12.7. The highest BCUT2D eigenvalue weighted by molar-refractivity contribution is 6.02. The molecule has 0 amide bonds. The second-order valence-corrected chi connectivity index (χ2v) is 5.45. The van der Waals surface area contributed by atoms with Crippen molar-refractivity contribution in [1.82, 2.24) is 0 Å². The highest BCUT2D eigenvalue weighted by Gasteiger charge is 2.40. The van der Waals surface area contributed by atoms with Gasteiger partial charge in [-0.25, -0.2) is 0 Å². The molecule has 0 aliphatic carbocycles. The zero-order valence-corrected chi connectivity index (χ0v) is 11.8. The van der Waals surface area contributed by atoms with E-state index in [2.05, 4.69) is 0 Å². The fourth-order valence-corrected chi connectivity index (χ4v) is 2.67. The van der Waals surface area contributed by atoms with E-state index in [1.807, 2.05) is 0 Å². The maximum atomic E-state index is 12.7. The molecule has 0 atom stereocenters. The van der Waals surface area contributed by atoms with E-state index in [4.69, 9.17) is 10.5 Å². The van der Waals surface area contributed by atoms with Crippen LogP contribution in [0.4, 0.5) is 13.2 Å². The molecule has 2 rings (SSSR count). The van der Waals surface area contributed by atoms with Crippen LogP contribution in [-0.4, -0.2) is 25.5 Å². The van der Waals surface area contributed by atoms with Gasteiger partial charge in [0.05, 0.1) is 11.0 Å². The van der Waals surface area contributed by atoms with Crippen molar-refractivity contribution >= 4 is 5.78 Å². The lowest BCUT2D eigenvalue weighted by Gasteiger charge is -2.35. The Morgan fingerprint density at radius 3 is 2.43 bits per heavy atom. The van der Waals surface area contributed by atoms with Gasteiger partial charge in [0.1, 0.15) is 0 Å². The average molecular weight is 301 g/mol. The van der Waals surface area contributed by atoms with Crippen molar-refractivity contribution in [3.05, 3.63) is 34.9 Å². The lowest BCUT2D eigenvalue weighted by Crippen LogP contribution is -2.43. The van der Waals surface area contributed by atoms with Crippen LogP contribution in [0.5, 0.6) is 0 Å². The summed E-state index contributed by atoms with van der Waals surface area (Å²) in [6, 6.07) is 3.22. The Hall–Kier alpha value is -1.40. The van der Waals surface area contributed by atoms with Crippen LogP contribution in [0, 0.1) is 12.3 Å². The van der Waals surface area contributed by atoms with E-state index >= 15 is 0 Å². The van der Waals surface area contributed by atoms with Crippen molar-refractivity contribution in [3.63, 3.8) is 0 Å². The summed E-state index contributed by atoms with van der Waals surface area (Å²) in [5, 5.41) is 0. The van der Waals surface area contributed by atoms with Gasteiger partial charge in [-0.05, 0) is 37.5 Å². The minimum absolute atomic E-state index is 0.176. The van der Waals surface area contributed by atoms with E-state index in [0.717, 1.165) is 12.1 Å². The predicted octanol–water partition coefficient (Wildman–Crippen LogP) is 2.95. The number of hydrogen-bond donors (Lipinski definition) is 1. The molecule has 0 radical (unpaired) electrons. The first-order valence-corrected chi connectivity index (χ1v) is 6.81. The highest BCUT2D eigenvalue weighted by atomic mass is 19.4. The summed E-state index contributed by atoms with van der Waals surface area (Å²) in [6.45, 7) is 2.59. The van der Waals surface area contributed by atoms with Crippen molar-refractivity contribution in [2.45, 2.75) is 25.9 Å². The molecule has 1 aromatic rings. The number of alkyl halides is 3. The second kappa shape index (κ2) is 5.77. The lowest BCUT2D eigenvalue weighted by atomic mass is 9.73. The van der Waals surface area contributed by atoms with Crippen molar-refractivity contribution in [2.75, 3.05) is 19.8 Å². The van der Waals surface area contributed by atoms with Crippen LogP contribution in [-0.2, 0) is 10.9 Å². The molecule has 21 heavy (non-hydrogen) atoms. The van der Waals surface area contributed by atoms with E-state index in [-0.39, 0.29) is 12.3 Å². The van der Waals surface area contributed by atoms with Crippen LogP contribution in [0.1, 0.15) is 34.3 Å². The van der Waals surface area contributed by atoms with E-state index in [1.54, 1.807) is 0 Å². The van der Waals surface area contributed by atoms with Gasteiger partial charge in [-0.3, -0.25) is 4.79 Å².